The Morgan fingerprint density at radius 3 is 2.56 bits per heavy atom. The molecule has 25 heavy (non-hydrogen) atoms. The SMILES string of the molecule is Oc1ccc(-n2nnnc2SCc2nnc(-c3ccccc3)o2)cc1. The van der Waals surface area contributed by atoms with Crippen molar-refractivity contribution >= 4 is 11.8 Å². The number of aromatic nitrogens is 6. The molecule has 0 aliphatic rings. The molecule has 8 nitrogen and oxygen atoms in total. The Hall–Kier alpha value is -3.20. The van der Waals surface area contributed by atoms with Crippen LogP contribution in [0.3, 0.4) is 0 Å². The zero-order valence-electron chi connectivity index (χ0n) is 12.9. The summed E-state index contributed by atoms with van der Waals surface area (Å²) < 4.78 is 7.26. The van der Waals surface area contributed by atoms with Crippen LogP contribution in [0.1, 0.15) is 5.89 Å². The topological polar surface area (TPSA) is 103 Å². The van der Waals surface area contributed by atoms with Crippen molar-refractivity contribution in [3.63, 3.8) is 0 Å². The van der Waals surface area contributed by atoms with E-state index in [1.54, 1.807) is 28.9 Å². The van der Waals surface area contributed by atoms with E-state index in [1.165, 1.54) is 11.8 Å². The molecule has 0 saturated heterocycles. The minimum atomic E-state index is 0.185. The average Bonchev–Trinajstić information content (AvgIpc) is 3.31. The molecule has 0 fully saturated rings. The van der Waals surface area contributed by atoms with Gasteiger partial charge in [0.1, 0.15) is 5.75 Å². The fourth-order valence-electron chi connectivity index (χ4n) is 2.16. The van der Waals surface area contributed by atoms with Crippen molar-refractivity contribution in [1.29, 1.82) is 0 Å². The van der Waals surface area contributed by atoms with Crippen molar-refractivity contribution < 1.29 is 9.52 Å². The number of benzene rings is 2. The van der Waals surface area contributed by atoms with Crippen molar-refractivity contribution in [3.05, 3.63) is 60.5 Å². The third-order valence-electron chi connectivity index (χ3n) is 3.35. The summed E-state index contributed by atoms with van der Waals surface area (Å²) in [4.78, 5) is 0. The maximum Gasteiger partial charge on any atom is 0.247 e. The van der Waals surface area contributed by atoms with Crippen LogP contribution in [0.15, 0.2) is 64.2 Å². The van der Waals surface area contributed by atoms with Gasteiger partial charge in [0, 0.05) is 5.56 Å². The molecule has 2 aromatic heterocycles. The molecule has 1 N–H and O–H groups in total. The van der Waals surface area contributed by atoms with E-state index in [2.05, 4.69) is 25.7 Å². The Kier molecular flexibility index (Phi) is 4.13. The van der Waals surface area contributed by atoms with E-state index in [0.29, 0.717) is 22.7 Å². The Labute approximate surface area is 146 Å². The summed E-state index contributed by atoms with van der Waals surface area (Å²) in [6, 6.07) is 16.2. The van der Waals surface area contributed by atoms with Crippen LogP contribution < -0.4 is 0 Å². The first-order valence-corrected chi connectivity index (χ1v) is 8.36. The average molecular weight is 352 g/mol. The number of hydrogen-bond acceptors (Lipinski definition) is 8. The highest BCUT2D eigenvalue weighted by Crippen LogP contribution is 2.24. The summed E-state index contributed by atoms with van der Waals surface area (Å²) in [6.45, 7) is 0. The second-order valence-electron chi connectivity index (χ2n) is 5.05. The van der Waals surface area contributed by atoms with Gasteiger partial charge >= 0.3 is 0 Å². The summed E-state index contributed by atoms with van der Waals surface area (Å²) in [6.07, 6.45) is 0. The molecule has 0 aliphatic heterocycles. The normalized spacial score (nSPS) is 10.9. The number of rotatable bonds is 5. The van der Waals surface area contributed by atoms with Crippen LogP contribution in [0.2, 0.25) is 0 Å². The van der Waals surface area contributed by atoms with Crippen LogP contribution >= 0.6 is 11.8 Å². The van der Waals surface area contributed by atoms with Gasteiger partial charge in [0.15, 0.2) is 0 Å². The first kappa shape index (κ1) is 15.3. The monoisotopic (exact) mass is 352 g/mol. The highest BCUT2D eigenvalue weighted by molar-refractivity contribution is 7.98. The lowest BCUT2D eigenvalue weighted by Gasteiger charge is -2.03. The fraction of sp³-hybridized carbons (Fsp3) is 0.0625. The molecule has 0 unspecified atom stereocenters. The highest BCUT2D eigenvalue weighted by Gasteiger charge is 2.13. The Morgan fingerprint density at radius 1 is 0.960 bits per heavy atom. The predicted molar refractivity (Wildman–Crippen MR) is 90.1 cm³/mol. The number of thioether (sulfide) groups is 1. The lowest BCUT2D eigenvalue weighted by atomic mass is 10.2. The van der Waals surface area contributed by atoms with Crippen LogP contribution in [-0.4, -0.2) is 35.5 Å². The van der Waals surface area contributed by atoms with E-state index in [1.807, 2.05) is 30.3 Å². The largest absolute Gasteiger partial charge is 0.508 e. The van der Waals surface area contributed by atoms with Gasteiger partial charge in [0.25, 0.3) is 0 Å². The lowest BCUT2D eigenvalue weighted by molar-refractivity contribution is 0.475. The molecule has 124 valence electrons. The van der Waals surface area contributed by atoms with Gasteiger partial charge in [-0.05, 0) is 46.8 Å². The molecule has 4 aromatic rings. The van der Waals surface area contributed by atoms with E-state index < -0.39 is 0 Å². The summed E-state index contributed by atoms with van der Waals surface area (Å²) in [7, 11) is 0. The summed E-state index contributed by atoms with van der Waals surface area (Å²) in [5, 5.41) is 29.8. The van der Waals surface area contributed by atoms with Crippen LogP contribution in [0.4, 0.5) is 0 Å². The van der Waals surface area contributed by atoms with Crippen LogP contribution in [0.5, 0.6) is 5.75 Å². The zero-order valence-corrected chi connectivity index (χ0v) is 13.7. The number of aromatic hydroxyl groups is 1. The minimum absolute atomic E-state index is 0.185. The first-order chi connectivity index (χ1) is 12.3. The molecule has 0 aliphatic carbocycles. The van der Waals surface area contributed by atoms with Gasteiger partial charge in [-0.25, -0.2) is 0 Å². The van der Waals surface area contributed by atoms with Crippen molar-refractivity contribution in [1.82, 2.24) is 30.4 Å². The molecule has 0 saturated carbocycles. The van der Waals surface area contributed by atoms with Gasteiger partial charge in [-0.3, -0.25) is 0 Å². The van der Waals surface area contributed by atoms with Crippen LogP contribution in [0.25, 0.3) is 17.1 Å². The quantitative estimate of drug-likeness (QED) is 0.547. The number of tetrazole rings is 1. The molecule has 2 aromatic carbocycles. The smallest absolute Gasteiger partial charge is 0.247 e. The second-order valence-corrected chi connectivity index (χ2v) is 5.99. The maximum atomic E-state index is 9.38. The standard InChI is InChI=1S/C16H12N6O2S/c23-13-8-6-12(7-9-13)22-16(19-20-21-22)25-10-14-17-18-15(24-14)11-4-2-1-3-5-11/h1-9,23H,10H2. The van der Waals surface area contributed by atoms with Gasteiger partial charge < -0.3 is 9.52 Å². The Morgan fingerprint density at radius 2 is 1.76 bits per heavy atom. The maximum absolute atomic E-state index is 9.38. The Bertz CT molecular complexity index is 968. The molecule has 9 heteroatoms. The van der Waals surface area contributed by atoms with E-state index in [-0.39, 0.29) is 5.75 Å². The lowest BCUT2D eigenvalue weighted by Crippen LogP contribution is -1.98. The van der Waals surface area contributed by atoms with Gasteiger partial charge in [-0.1, -0.05) is 30.0 Å². The van der Waals surface area contributed by atoms with Crippen molar-refractivity contribution in [2.75, 3.05) is 0 Å². The molecule has 2 heterocycles. The summed E-state index contributed by atoms with van der Waals surface area (Å²) in [5.41, 5.74) is 1.63. The number of phenols is 1. The van der Waals surface area contributed by atoms with E-state index >= 15 is 0 Å². The molecule has 0 amide bonds. The second kappa shape index (κ2) is 6.73. The van der Waals surface area contributed by atoms with Crippen LogP contribution in [-0.2, 0) is 5.75 Å². The number of nitrogens with zero attached hydrogens (tertiary/aromatic N) is 6. The van der Waals surface area contributed by atoms with Gasteiger partial charge in [-0.2, -0.15) is 4.68 Å². The van der Waals surface area contributed by atoms with E-state index in [0.717, 1.165) is 11.3 Å². The van der Waals surface area contributed by atoms with Crippen LogP contribution in [0, 0.1) is 0 Å². The minimum Gasteiger partial charge on any atom is -0.508 e. The molecule has 0 atom stereocenters. The number of hydrogen-bond donors (Lipinski definition) is 1. The fourth-order valence-corrected chi connectivity index (χ4v) is 2.89. The molecule has 0 radical (unpaired) electrons. The van der Waals surface area contributed by atoms with Gasteiger partial charge in [-0.15, -0.1) is 15.3 Å². The van der Waals surface area contributed by atoms with E-state index in [4.69, 9.17) is 4.42 Å². The third kappa shape index (κ3) is 3.36. The molecular formula is C16H12N6O2S. The number of phenolic OH excluding ortho intramolecular Hbond substituents is 1. The first-order valence-electron chi connectivity index (χ1n) is 7.38. The highest BCUT2D eigenvalue weighted by atomic mass is 32.2. The van der Waals surface area contributed by atoms with E-state index in [9.17, 15) is 5.11 Å². The van der Waals surface area contributed by atoms with Crippen molar-refractivity contribution in [3.8, 4) is 22.9 Å². The van der Waals surface area contributed by atoms with Crippen molar-refractivity contribution in [2.24, 2.45) is 0 Å². The molecule has 4 rings (SSSR count). The molecular weight excluding hydrogens is 340 g/mol. The van der Waals surface area contributed by atoms with Gasteiger partial charge in [0.2, 0.25) is 16.9 Å². The van der Waals surface area contributed by atoms with Gasteiger partial charge in [0.05, 0.1) is 11.4 Å². The summed E-state index contributed by atoms with van der Waals surface area (Å²) >= 11 is 1.38. The zero-order chi connectivity index (χ0) is 17.1. The third-order valence-corrected chi connectivity index (χ3v) is 4.25. The predicted octanol–water partition coefficient (Wildman–Crippen LogP) is 2.71. The Balaban J connectivity index is 1.49. The summed E-state index contributed by atoms with van der Waals surface area (Å²) in [5.74, 6) is 1.60. The van der Waals surface area contributed by atoms with Crippen molar-refractivity contribution in [2.45, 2.75) is 10.9 Å². The molecule has 0 spiro atoms. The molecule has 0 bridgehead atoms.